The number of hydrogen-bond acceptors (Lipinski definition) is 5. The van der Waals surface area contributed by atoms with E-state index in [4.69, 9.17) is 10.8 Å². The van der Waals surface area contributed by atoms with E-state index in [2.05, 4.69) is 42.6 Å². The van der Waals surface area contributed by atoms with Gasteiger partial charge >= 0.3 is 0 Å². The molecule has 1 atom stereocenters. The molecule has 114 valence electrons. The minimum absolute atomic E-state index is 0.159. The van der Waals surface area contributed by atoms with Gasteiger partial charge in [0.25, 0.3) is 0 Å². The topological polar surface area (TPSA) is 54.2 Å². The molecule has 1 aromatic heterocycles. The van der Waals surface area contributed by atoms with Crippen molar-refractivity contribution in [1.82, 2.24) is 15.3 Å². The Bertz CT molecular complexity index is 568. The third kappa shape index (κ3) is 2.71. The van der Waals surface area contributed by atoms with Crippen LogP contribution in [0, 0.1) is 0 Å². The lowest BCUT2D eigenvalue weighted by Gasteiger charge is -2.42. The Morgan fingerprint density at radius 1 is 1.33 bits per heavy atom. The molecule has 0 bridgehead atoms. The van der Waals surface area contributed by atoms with Gasteiger partial charge in [-0.3, -0.25) is 11.3 Å². The number of hydrazine groups is 1. The number of nitrogens with two attached hydrogens (primary N) is 1. The first-order chi connectivity index (χ1) is 10.2. The van der Waals surface area contributed by atoms with Crippen LogP contribution in [0.15, 0.2) is 24.3 Å². The number of nitrogens with one attached hydrogen (secondary N) is 1. The summed E-state index contributed by atoms with van der Waals surface area (Å²) in [6, 6.07) is 8.58. The molecule has 1 aliphatic carbocycles. The van der Waals surface area contributed by atoms with Crippen molar-refractivity contribution in [3.05, 3.63) is 29.3 Å². The number of hydrogen-bond donors (Lipinski definition) is 2. The van der Waals surface area contributed by atoms with Crippen LogP contribution < -0.4 is 11.3 Å². The molecule has 3 rings (SSSR count). The van der Waals surface area contributed by atoms with Crippen LogP contribution in [0.4, 0.5) is 0 Å². The molecule has 1 aliphatic rings. The van der Waals surface area contributed by atoms with Crippen molar-refractivity contribution in [3.8, 4) is 0 Å². The first-order valence-electron chi connectivity index (χ1n) is 7.64. The third-order valence-corrected chi connectivity index (χ3v) is 5.99. The number of aromatic nitrogens is 1. The Morgan fingerprint density at radius 2 is 2.05 bits per heavy atom. The van der Waals surface area contributed by atoms with Crippen molar-refractivity contribution in [1.29, 1.82) is 0 Å². The van der Waals surface area contributed by atoms with Gasteiger partial charge < -0.3 is 4.90 Å². The summed E-state index contributed by atoms with van der Waals surface area (Å²) < 4.78 is 1.26. The third-order valence-electron chi connectivity index (χ3n) is 4.93. The maximum absolute atomic E-state index is 5.92. The van der Waals surface area contributed by atoms with Gasteiger partial charge in [-0.2, -0.15) is 0 Å². The molecule has 21 heavy (non-hydrogen) atoms. The van der Waals surface area contributed by atoms with Crippen LogP contribution in [-0.4, -0.2) is 35.6 Å². The van der Waals surface area contributed by atoms with Gasteiger partial charge in [0.05, 0.1) is 15.2 Å². The zero-order valence-electron chi connectivity index (χ0n) is 12.8. The molecule has 2 aromatic rings. The number of nitrogens with zero attached hydrogens (tertiary/aromatic N) is 2. The zero-order valence-corrected chi connectivity index (χ0v) is 13.6. The van der Waals surface area contributed by atoms with Gasteiger partial charge in [-0.25, -0.2) is 4.98 Å². The Kier molecular flexibility index (Phi) is 4.26. The number of fused-ring (bicyclic) bond motifs is 1. The molecule has 1 heterocycles. The van der Waals surface area contributed by atoms with Crippen LogP contribution >= 0.6 is 11.3 Å². The van der Waals surface area contributed by atoms with E-state index in [1.54, 1.807) is 11.3 Å². The van der Waals surface area contributed by atoms with E-state index in [-0.39, 0.29) is 11.6 Å². The monoisotopic (exact) mass is 304 g/mol. The van der Waals surface area contributed by atoms with E-state index in [9.17, 15) is 0 Å². The van der Waals surface area contributed by atoms with Crippen LogP contribution in [0.2, 0.25) is 0 Å². The zero-order chi connectivity index (χ0) is 14.9. The maximum Gasteiger partial charge on any atom is 0.0955 e. The van der Waals surface area contributed by atoms with Gasteiger partial charge in [-0.05, 0) is 39.1 Å². The molecular formula is C16H24N4S. The normalized spacial score (nSPS) is 19.4. The van der Waals surface area contributed by atoms with E-state index in [0.717, 1.165) is 11.9 Å². The fraction of sp³-hybridized carbons (Fsp3) is 0.562. The van der Waals surface area contributed by atoms with Gasteiger partial charge in [0.2, 0.25) is 0 Å². The number of likely N-dealkylation sites (N-methyl/N-ethyl adjacent to an activating group) is 1. The van der Waals surface area contributed by atoms with Crippen molar-refractivity contribution in [3.63, 3.8) is 0 Å². The summed E-state index contributed by atoms with van der Waals surface area (Å²) >= 11 is 1.78. The molecule has 4 nitrogen and oxygen atoms in total. The summed E-state index contributed by atoms with van der Waals surface area (Å²) in [5.41, 5.74) is 4.34. The van der Waals surface area contributed by atoms with Crippen LogP contribution in [0.25, 0.3) is 10.2 Å². The first kappa shape index (κ1) is 14.9. The van der Waals surface area contributed by atoms with Crippen LogP contribution in [-0.2, 0) is 6.42 Å². The molecule has 1 saturated carbocycles. The van der Waals surface area contributed by atoms with Gasteiger partial charge in [-0.15, -0.1) is 11.3 Å². The van der Waals surface area contributed by atoms with Gasteiger partial charge in [0.15, 0.2) is 0 Å². The molecule has 5 heteroatoms. The largest absolute Gasteiger partial charge is 0.302 e. The first-order valence-corrected chi connectivity index (χ1v) is 8.45. The molecule has 0 saturated heterocycles. The van der Waals surface area contributed by atoms with E-state index in [1.165, 1.54) is 35.4 Å². The molecular weight excluding hydrogens is 280 g/mol. The fourth-order valence-corrected chi connectivity index (χ4v) is 4.69. The van der Waals surface area contributed by atoms with Crippen LogP contribution in [0.5, 0.6) is 0 Å². The summed E-state index contributed by atoms with van der Waals surface area (Å²) in [7, 11) is 4.35. The highest BCUT2D eigenvalue weighted by Gasteiger charge is 2.43. The predicted octanol–water partition coefficient (Wildman–Crippen LogP) is 2.55. The standard InChI is InChI=1S/C16H24N4S/c1-20(2)16(9-5-6-10-16)14(19-17)11-15-18-12-7-3-4-8-13(12)21-15/h3-4,7-8,14,19H,5-6,9-11,17H2,1-2H3. The molecule has 0 radical (unpaired) electrons. The molecule has 0 amide bonds. The lowest BCUT2D eigenvalue weighted by molar-refractivity contribution is 0.104. The van der Waals surface area contributed by atoms with E-state index in [0.29, 0.717) is 0 Å². The SMILES string of the molecule is CN(C)C1(C(Cc2nc3ccccc3s2)NN)CCCC1. The maximum atomic E-state index is 5.92. The summed E-state index contributed by atoms with van der Waals surface area (Å²) in [6.45, 7) is 0. The average molecular weight is 304 g/mol. The van der Waals surface area contributed by atoms with E-state index in [1.807, 2.05) is 6.07 Å². The molecule has 0 aliphatic heterocycles. The Hall–Kier alpha value is -1.01. The minimum atomic E-state index is 0.159. The second-order valence-corrected chi connectivity index (χ2v) is 7.32. The molecule has 0 spiro atoms. The summed E-state index contributed by atoms with van der Waals surface area (Å²) in [5.74, 6) is 5.92. The quantitative estimate of drug-likeness (QED) is 0.658. The minimum Gasteiger partial charge on any atom is -0.302 e. The summed E-state index contributed by atoms with van der Waals surface area (Å²) in [5, 5.41) is 1.17. The van der Waals surface area contributed by atoms with Gasteiger partial charge in [-0.1, -0.05) is 25.0 Å². The van der Waals surface area contributed by atoms with Crippen molar-refractivity contribution >= 4 is 21.6 Å². The lowest BCUT2D eigenvalue weighted by atomic mass is 9.85. The molecule has 1 unspecified atom stereocenters. The summed E-state index contributed by atoms with van der Waals surface area (Å²) in [4.78, 5) is 7.13. The van der Waals surface area contributed by atoms with E-state index < -0.39 is 0 Å². The second-order valence-electron chi connectivity index (χ2n) is 6.20. The van der Waals surface area contributed by atoms with E-state index >= 15 is 0 Å². The Balaban J connectivity index is 1.86. The average Bonchev–Trinajstić information content (AvgIpc) is 3.11. The second kappa shape index (κ2) is 6.01. The number of benzene rings is 1. The van der Waals surface area contributed by atoms with Gasteiger partial charge in [0.1, 0.15) is 0 Å². The predicted molar refractivity (Wildman–Crippen MR) is 89.3 cm³/mol. The van der Waals surface area contributed by atoms with Gasteiger partial charge in [0, 0.05) is 18.0 Å². The molecule has 1 fully saturated rings. The van der Waals surface area contributed by atoms with Crippen LogP contribution in [0.3, 0.4) is 0 Å². The Labute approximate surface area is 130 Å². The summed E-state index contributed by atoms with van der Waals surface area (Å²) in [6.07, 6.45) is 5.89. The van der Waals surface area contributed by atoms with Crippen molar-refractivity contribution < 1.29 is 0 Å². The molecule has 1 aromatic carbocycles. The number of thiazole rings is 1. The highest BCUT2D eigenvalue weighted by molar-refractivity contribution is 7.18. The Morgan fingerprint density at radius 3 is 2.67 bits per heavy atom. The van der Waals surface area contributed by atoms with Crippen molar-refractivity contribution in [2.75, 3.05) is 14.1 Å². The number of rotatable bonds is 5. The van der Waals surface area contributed by atoms with Crippen LogP contribution in [0.1, 0.15) is 30.7 Å². The highest BCUT2D eigenvalue weighted by Crippen LogP contribution is 2.38. The van der Waals surface area contributed by atoms with Crippen molar-refractivity contribution in [2.24, 2.45) is 5.84 Å². The highest BCUT2D eigenvalue weighted by atomic mass is 32.1. The fourth-order valence-electron chi connectivity index (χ4n) is 3.68. The molecule has 3 N–H and O–H groups in total. The number of para-hydroxylation sites is 1. The van der Waals surface area contributed by atoms with Crippen molar-refractivity contribution in [2.45, 2.75) is 43.7 Å². The lowest BCUT2D eigenvalue weighted by Crippen LogP contribution is -2.60. The smallest absolute Gasteiger partial charge is 0.0955 e.